The van der Waals surface area contributed by atoms with E-state index < -0.39 is 46.7 Å². The first-order valence-electron chi connectivity index (χ1n) is 14.9. The number of ether oxygens (including phenoxy) is 2. The highest BCUT2D eigenvalue weighted by atomic mass is 32.2. The van der Waals surface area contributed by atoms with Gasteiger partial charge < -0.3 is 14.8 Å². The Kier molecular flexibility index (Phi) is 9.10. The van der Waals surface area contributed by atoms with Gasteiger partial charge in [0.1, 0.15) is 11.8 Å². The second-order valence-corrected chi connectivity index (χ2v) is 12.8. The number of nitrogens with one attached hydrogen (secondary N) is 1. The molecule has 4 aromatic rings. The number of esters is 2. The number of amides is 3. The molecule has 0 bridgehead atoms. The average Bonchev–Trinajstić information content (AvgIpc) is 3.51. The molecule has 11 nitrogen and oxygen atoms in total. The summed E-state index contributed by atoms with van der Waals surface area (Å²) in [6, 6.07) is 21.5. The Bertz CT molecular complexity index is 1920. The van der Waals surface area contributed by atoms with Crippen LogP contribution >= 0.6 is 23.1 Å². The van der Waals surface area contributed by atoms with Gasteiger partial charge in [0.15, 0.2) is 0 Å². The van der Waals surface area contributed by atoms with Crippen LogP contribution in [-0.4, -0.2) is 52.7 Å². The predicted molar refractivity (Wildman–Crippen MR) is 176 cm³/mol. The number of thiazole rings is 1. The van der Waals surface area contributed by atoms with Crippen LogP contribution in [0, 0.1) is 5.92 Å². The van der Waals surface area contributed by atoms with Gasteiger partial charge in [-0.05, 0) is 67.9 Å². The Morgan fingerprint density at radius 3 is 1.98 bits per heavy atom. The number of rotatable bonds is 9. The number of aromatic nitrogens is 1. The molecule has 3 amide bonds. The Morgan fingerprint density at radius 2 is 1.38 bits per heavy atom. The van der Waals surface area contributed by atoms with E-state index in [0.717, 1.165) is 33.6 Å². The van der Waals surface area contributed by atoms with Crippen molar-refractivity contribution in [1.82, 2.24) is 4.57 Å². The summed E-state index contributed by atoms with van der Waals surface area (Å²) in [4.78, 5) is 80.0. The molecule has 3 atom stereocenters. The monoisotopic (exact) mass is 671 g/mol. The van der Waals surface area contributed by atoms with Gasteiger partial charge >= 0.3 is 16.8 Å². The zero-order chi connectivity index (χ0) is 33.2. The lowest BCUT2D eigenvalue weighted by molar-refractivity contribution is -0.122. The number of carbonyl (C=O) groups excluding carboxylic acids is 5. The third-order valence-corrected chi connectivity index (χ3v) is 10.4. The van der Waals surface area contributed by atoms with Crippen LogP contribution in [0.1, 0.15) is 50.9 Å². The molecular formula is C34H29N3O8S2. The lowest BCUT2D eigenvalue weighted by atomic mass is 9.83. The molecule has 0 radical (unpaired) electrons. The second kappa shape index (κ2) is 13.4. The summed E-state index contributed by atoms with van der Waals surface area (Å²) in [6.45, 7) is 3.55. The second-order valence-electron chi connectivity index (χ2n) is 10.7. The van der Waals surface area contributed by atoms with Crippen LogP contribution < -0.4 is 15.1 Å². The first-order chi connectivity index (χ1) is 22.7. The van der Waals surface area contributed by atoms with Crippen LogP contribution in [-0.2, 0) is 30.4 Å². The molecule has 0 saturated carbocycles. The summed E-state index contributed by atoms with van der Waals surface area (Å²) in [5.74, 6) is -3.72. The minimum Gasteiger partial charge on any atom is -0.462 e. The number of hydrogen-bond acceptors (Lipinski definition) is 10. The lowest BCUT2D eigenvalue weighted by Crippen LogP contribution is -2.33. The standard InChI is InChI=1S/C34H29N3O8S2/c1-3-44-32(41)20-10-14-22(15-11-20)35-24(38)18-36-31-28(47-34(36)43)25(19-8-6-5-7-9-19)26-27(46-31)30(40)37(29(26)39)23-16-12-21(13-17-23)33(42)45-4-2/h5-17,25-27H,3-4,18H2,1-2H3,(H,35,38)/t25-,26-,27+/m0/s1. The lowest BCUT2D eigenvalue weighted by Gasteiger charge is -2.30. The zero-order valence-corrected chi connectivity index (χ0v) is 27.0. The van der Waals surface area contributed by atoms with Crippen LogP contribution in [0.2, 0.25) is 0 Å². The van der Waals surface area contributed by atoms with Crippen LogP contribution in [0.15, 0.2) is 88.7 Å². The number of hydrogen-bond donors (Lipinski definition) is 1. The van der Waals surface area contributed by atoms with E-state index in [2.05, 4.69) is 5.32 Å². The Morgan fingerprint density at radius 1 is 0.787 bits per heavy atom. The Balaban J connectivity index is 1.30. The fourth-order valence-electron chi connectivity index (χ4n) is 5.74. The third-order valence-electron chi connectivity index (χ3n) is 7.83. The predicted octanol–water partition coefficient (Wildman–Crippen LogP) is 4.70. The summed E-state index contributed by atoms with van der Waals surface area (Å²) in [7, 11) is 0. The maximum Gasteiger partial charge on any atom is 0.338 e. The summed E-state index contributed by atoms with van der Waals surface area (Å²) >= 11 is 2.07. The molecule has 1 N–H and O–H groups in total. The molecule has 1 aromatic heterocycles. The number of fused-ring (bicyclic) bond motifs is 2. The maximum absolute atomic E-state index is 14.1. The van der Waals surface area contributed by atoms with Crippen molar-refractivity contribution >= 4 is 64.1 Å². The van der Waals surface area contributed by atoms with Crippen LogP contribution in [0.3, 0.4) is 0 Å². The maximum atomic E-state index is 14.1. The highest BCUT2D eigenvalue weighted by Gasteiger charge is 2.56. The van der Waals surface area contributed by atoms with Gasteiger partial charge in [0.05, 0.1) is 41.0 Å². The van der Waals surface area contributed by atoms with Crippen molar-refractivity contribution in [2.24, 2.45) is 5.92 Å². The van der Waals surface area contributed by atoms with Gasteiger partial charge in [-0.15, -0.1) is 0 Å². The van der Waals surface area contributed by atoms with Crippen molar-refractivity contribution < 1.29 is 33.4 Å². The normalized spacial score (nSPS) is 18.3. The quantitative estimate of drug-likeness (QED) is 0.198. The number of anilines is 2. The van der Waals surface area contributed by atoms with Crippen molar-refractivity contribution in [2.45, 2.75) is 36.6 Å². The fourth-order valence-corrected chi connectivity index (χ4v) is 8.51. The SMILES string of the molecule is CCOC(=O)c1ccc(NC(=O)Cn2c3c(sc2=O)[C@@H](c2ccccc2)[C@@H]2C(=O)N(c4ccc(C(=O)OCC)cc4)C(=O)[C@@H]2S3)cc1. The molecule has 3 heterocycles. The molecule has 0 spiro atoms. The fraction of sp³-hybridized carbons (Fsp3) is 0.235. The summed E-state index contributed by atoms with van der Waals surface area (Å²) < 4.78 is 11.4. The van der Waals surface area contributed by atoms with Crippen LogP contribution in [0.5, 0.6) is 0 Å². The van der Waals surface area contributed by atoms with E-state index >= 15 is 0 Å². The molecule has 0 aliphatic carbocycles. The zero-order valence-electron chi connectivity index (χ0n) is 25.3. The molecule has 1 fully saturated rings. The molecule has 2 aliphatic heterocycles. The number of thioether (sulfide) groups is 1. The topological polar surface area (TPSA) is 141 Å². The molecular weight excluding hydrogens is 643 g/mol. The summed E-state index contributed by atoms with van der Waals surface area (Å²) in [5.41, 5.74) is 2.15. The average molecular weight is 672 g/mol. The van der Waals surface area contributed by atoms with Crippen molar-refractivity contribution in [3.8, 4) is 0 Å². The van der Waals surface area contributed by atoms with E-state index in [1.165, 1.54) is 41.0 Å². The molecule has 2 aliphatic rings. The molecule has 1 saturated heterocycles. The van der Waals surface area contributed by atoms with Crippen LogP contribution in [0.25, 0.3) is 0 Å². The van der Waals surface area contributed by atoms with Gasteiger partial charge in [-0.1, -0.05) is 53.4 Å². The highest BCUT2D eigenvalue weighted by Crippen LogP contribution is 2.53. The van der Waals surface area contributed by atoms with Crippen molar-refractivity contribution in [3.05, 3.63) is 110 Å². The van der Waals surface area contributed by atoms with E-state index in [1.54, 1.807) is 26.0 Å². The number of nitrogens with zero attached hydrogens (tertiary/aromatic N) is 2. The molecule has 3 aromatic carbocycles. The summed E-state index contributed by atoms with van der Waals surface area (Å²) in [5, 5.41) is 2.35. The van der Waals surface area contributed by atoms with Gasteiger partial charge in [-0.25, -0.2) is 14.5 Å². The van der Waals surface area contributed by atoms with E-state index in [4.69, 9.17) is 9.47 Å². The molecule has 47 heavy (non-hydrogen) atoms. The largest absolute Gasteiger partial charge is 0.462 e. The van der Waals surface area contributed by atoms with Gasteiger partial charge in [0, 0.05) is 16.5 Å². The highest BCUT2D eigenvalue weighted by molar-refractivity contribution is 8.00. The number of imide groups is 1. The smallest absolute Gasteiger partial charge is 0.338 e. The first-order valence-corrected chi connectivity index (χ1v) is 16.6. The van der Waals surface area contributed by atoms with Crippen molar-refractivity contribution in [1.29, 1.82) is 0 Å². The van der Waals surface area contributed by atoms with E-state index in [1.807, 2.05) is 30.3 Å². The van der Waals surface area contributed by atoms with E-state index in [9.17, 15) is 28.8 Å². The van der Waals surface area contributed by atoms with E-state index in [0.29, 0.717) is 32.4 Å². The molecule has 6 rings (SSSR count). The van der Waals surface area contributed by atoms with Crippen LogP contribution in [0.4, 0.5) is 11.4 Å². The van der Waals surface area contributed by atoms with E-state index in [-0.39, 0.29) is 24.6 Å². The first kappa shape index (κ1) is 32.0. The van der Waals surface area contributed by atoms with Gasteiger partial charge in [-0.2, -0.15) is 0 Å². The Hall–Kier alpha value is -5.01. The molecule has 13 heteroatoms. The van der Waals surface area contributed by atoms with Crippen molar-refractivity contribution in [3.63, 3.8) is 0 Å². The summed E-state index contributed by atoms with van der Waals surface area (Å²) in [6.07, 6.45) is 0. The minimum atomic E-state index is -0.858. The molecule has 240 valence electrons. The third kappa shape index (κ3) is 6.11. The number of benzene rings is 3. The molecule has 0 unspecified atom stereocenters. The van der Waals surface area contributed by atoms with Gasteiger partial charge in [-0.3, -0.25) is 23.7 Å². The Labute approximate surface area is 277 Å². The van der Waals surface area contributed by atoms with Gasteiger partial charge in [0.25, 0.3) is 0 Å². The van der Waals surface area contributed by atoms with Gasteiger partial charge in [0.2, 0.25) is 17.7 Å². The number of carbonyl (C=O) groups is 5. The van der Waals surface area contributed by atoms with Crippen molar-refractivity contribution in [2.75, 3.05) is 23.4 Å². The minimum absolute atomic E-state index is 0.215.